The molecule has 0 spiro atoms. The normalized spacial score (nSPS) is 18.2. The number of aliphatic imine (C=N–C) groups is 1. The van der Waals surface area contributed by atoms with E-state index in [-0.39, 0.29) is 11.5 Å². The van der Waals surface area contributed by atoms with Gasteiger partial charge in [0, 0.05) is 17.5 Å². The van der Waals surface area contributed by atoms with Crippen LogP contribution in [0.4, 0.5) is 5.69 Å². The fraction of sp³-hybridized carbons (Fsp3) is 0.316. The van der Waals surface area contributed by atoms with Gasteiger partial charge in [-0.25, -0.2) is 0 Å². The zero-order valence-corrected chi connectivity index (χ0v) is 12.9. The molecule has 0 radical (unpaired) electrons. The summed E-state index contributed by atoms with van der Waals surface area (Å²) in [5.41, 5.74) is 3.79. The van der Waals surface area contributed by atoms with E-state index in [0.29, 0.717) is 0 Å². The molecule has 1 aliphatic rings. The minimum atomic E-state index is 0.00445. The number of benzene rings is 2. The van der Waals surface area contributed by atoms with Crippen molar-refractivity contribution in [1.29, 1.82) is 0 Å². The SMILES string of the molecule is CC(C)(C)C1=NC(c2ccccc2)Cc2ccccc2N1. The van der Waals surface area contributed by atoms with Crippen LogP contribution < -0.4 is 5.32 Å². The third-order valence-electron chi connectivity index (χ3n) is 3.86. The van der Waals surface area contributed by atoms with Gasteiger partial charge < -0.3 is 5.32 Å². The Bertz CT molecular complexity index is 651. The van der Waals surface area contributed by atoms with Gasteiger partial charge >= 0.3 is 0 Å². The molecule has 0 aromatic heterocycles. The lowest BCUT2D eigenvalue weighted by molar-refractivity contribution is 0.578. The summed E-state index contributed by atoms with van der Waals surface area (Å²) in [6.07, 6.45) is 0.937. The van der Waals surface area contributed by atoms with Crippen LogP contribution in [0.25, 0.3) is 0 Å². The van der Waals surface area contributed by atoms with Crippen molar-refractivity contribution >= 4 is 11.5 Å². The van der Waals surface area contributed by atoms with Crippen molar-refractivity contribution in [2.24, 2.45) is 10.4 Å². The van der Waals surface area contributed by atoms with Gasteiger partial charge in [-0.2, -0.15) is 0 Å². The molecule has 0 amide bonds. The average Bonchev–Trinajstić information content (AvgIpc) is 2.67. The summed E-state index contributed by atoms with van der Waals surface area (Å²) in [5, 5.41) is 3.55. The van der Waals surface area contributed by atoms with Gasteiger partial charge in [-0.1, -0.05) is 69.3 Å². The minimum Gasteiger partial charge on any atom is -0.343 e. The van der Waals surface area contributed by atoms with Crippen LogP contribution in [0, 0.1) is 5.41 Å². The molecule has 21 heavy (non-hydrogen) atoms. The second-order valence-electron chi connectivity index (χ2n) is 6.64. The van der Waals surface area contributed by atoms with Gasteiger partial charge in [0.15, 0.2) is 0 Å². The Labute approximate surface area is 126 Å². The van der Waals surface area contributed by atoms with Gasteiger partial charge in [0.2, 0.25) is 0 Å². The highest BCUT2D eigenvalue weighted by Gasteiger charge is 2.25. The fourth-order valence-corrected chi connectivity index (χ4v) is 2.64. The molecule has 1 atom stereocenters. The summed E-state index contributed by atoms with van der Waals surface area (Å²) in [6, 6.07) is 19.3. The first-order valence-corrected chi connectivity index (χ1v) is 7.52. The van der Waals surface area contributed by atoms with E-state index in [1.165, 1.54) is 16.8 Å². The molecule has 0 aliphatic carbocycles. The number of para-hydroxylation sites is 1. The zero-order valence-electron chi connectivity index (χ0n) is 12.9. The highest BCUT2D eigenvalue weighted by molar-refractivity contribution is 6.00. The van der Waals surface area contributed by atoms with E-state index < -0.39 is 0 Å². The number of fused-ring (bicyclic) bond motifs is 1. The molecule has 0 bridgehead atoms. The molecule has 2 aromatic rings. The van der Waals surface area contributed by atoms with Crippen LogP contribution in [-0.4, -0.2) is 5.84 Å². The Balaban J connectivity index is 2.07. The van der Waals surface area contributed by atoms with Gasteiger partial charge in [-0.05, 0) is 17.2 Å². The number of hydrogen-bond donors (Lipinski definition) is 1. The first-order chi connectivity index (χ1) is 10.0. The third kappa shape index (κ3) is 2.99. The maximum atomic E-state index is 5.04. The smallest absolute Gasteiger partial charge is 0.107 e. The Morgan fingerprint density at radius 1 is 0.952 bits per heavy atom. The predicted octanol–water partition coefficient (Wildman–Crippen LogP) is 4.84. The van der Waals surface area contributed by atoms with Crippen LogP contribution in [-0.2, 0) is 6.42 Å². The van der Waals surface area contributed by atoms with Crippen LogP contribution in [0.5, 0.6) is 0 Å². The average molecular weight is 278 g/mol. The van der Waals surface area contributed by atoms with Crippen LogP contribution in [0.3, 0.4) is 0 Å². The predicted molar refractivity (Wildman–Crippen MR) is 89.8 cm³/mol. The van der Waals surface area contributed by atoms with Crippen LogP contribution >= 0.6 is 0 Å². The Kier molecular flexibility index (Phi) is 3.54. The quantitative estimate of drug-likeness (QED) is 0.793. The molecule has 108 valence electrons. The molecule has 2 aromatic carbocycles. The molecule has 2 heteroatoms. The molecule has 2 nitrogen and oxygen atoms in total. The van der Waals surface area contributed by atoms with Crippen molar-refractivity contribution in [3.8, 4) is 0 Å². The van der Waals surface area contributed by atoms with E-state index >= 15 is 0 Å². The maximum absolute atomic E-state index is 5.04. The highest BCUT2D eigenvalue weighted by Crippen LogP contribution is 2.32. The second kappa shape index (κ2) is 5.36. The van der Waals surface area contributed by atoms with E-state index in [0.717, 1.165) is 12.3 Å². The Hall–Kier alpha value is -2.09. The zero-order chi connectivity index (χ0) is 14.9. The topological polar surface area (TPSA) is 24.4 Å². The first-order valence-electron chi connectivity index (χ1n) is 7.52. The largest absolute Gasteiger partial charge is 0.343 e. The van der Waals surface area contributed by atoms with E-state index in [1.807, 2.05) is 0 Å². The van der Waals surface area contributed by atoms with E-state index in [4.69, 9.17) is 4.99 Å². The number of amidine groups is 1. The van der Waals surface area contributed by atoms with Gasteiger partial charge in [-0.15, -0.1) is 0 Å². The lowest BCUT2D eigenvalue weighted by Crippen LogP contribution is -2.28. The van der Waals surface area contributed by atoms with Crippen LogP contribution in [0.1, 0.15) is 37.9 Å². The molecular formula is C19H22N2. The van der Waals surface area contributed by atoms with Crippen molar-refractivity contribution in [2.45, 2.75) is 33.2 Å². The molecule has 1 aliphatic heterocycles. The van der Waals surface area contributed by atoms with Crippen molar-refractivity contribution in [2.75, 3.05) is 5.32 Å². The molecule has 1 N–H and O–H groups in total. The van der Waals surface area contributed by atoms with E-state index in [9.17, 15) is 0 Å². The van der Waals surface area contributed by atoms with Gasteiger partial charge in [-0.3, -0.25) is 4.99 Å². The number of hydrogen-bond acceptors (Lipinski definition) is 2. The number of nitrogens with zero attached hydrogens (tertiary/aromatic N) is 1. The van der Waals surface area contributed by atoms with Gasteiger partial charge in [0.25, 0.3) is 0 Å². The molecule has 3 rings (SSSR count). The van der Waals surface area contributed by atoms with Crippen molar-refractivity contribution in [1.82, 2.24) is 0 Å². The molecule has 0 fully saturated rings. The van der Waals surface area contributed by atoms with Crippen molar-refractivity contribution in [3.05, 3.63) is 65.7 Å². The van der Waals surface area contributed by atoms with Crippen molar-refractivity contribution in [3.63, 3.8) is 0 Å². The standard InChI is InChI=1S/C19H22N2/c1-19(2,3)18-20-16-12-8-7-11-15(16)13-17(21-18)14-9-5-4-6-10-14/h4-12,17H,13H2,1-3H3,(H,20,21). The molecular weight excluding hydrogens is 256 g/mol. The summed E-state index contributed by atoms with van der Waals surface area (Å²) in [5.74, 6) is 1.06. The van der Waals surface area contributed by atoms with Gasteiger partial charge in [0.05, 0.1) is 6.04 Å². The molecule has 1 heterocycles. The van der Waals surface area contributed by atoms with Crippen LogP contribution in [0.2, 0.25) is 0 Å². The number of nitrogens with one attached hydrogen (secondary N) is 1. The minimum absolute atomic E-state index is 0.00445. The Morgan fingerprint density at radius 3 is 2.33 bits per heavy atom. The van der Waals surface area contributed by atoms with E-state index in [2.05, 4.69) is 80.7 Å². The summed E-state index contributed by atoms with van der Waals surface area (Å²) < 4.78 is 0. The molecule has 0 saturated heterocycles. The summed E-state index contributed by atoms with van der Waals surface area (Å²) in [4.78, 5) is 5.04. The summed E-state index contributed by atoms with van der Waals surface area (Å²) >= 11 is 0. The second-order valence-corrected chi connectivity index (χ2v) is 6.64. The third-order valence-corrected chi connectivity index (χ3v) is 3.86. The van der Waals surface area contributed by atoms with Crippen molar-refractivity contribution < 1.29 is 0 Å². The van der Waals surface area contributed by atoms with E-state index in [1.54, 1.807) is 0 Å². The summed E-state index contributed by atoms with van der Waals surface area (Å²) in [6.45, 7) is 6.61. The lowest BCUT2D eigenvalue weighted by atomic mass is 9.94. The maximum Gasteiger partial charge on any atom is 0.107 e. The van der Waals surface area contributed by atoms with Gasteiger partial charge in [0.1, 0.15) is 5.84 Å². The number of anilines is 1. The monoisotopic (exact) mass is 278 g/mol. The molecule has 1 unspecified atom stereocenters. The number of rotatable bonds is 1. The lowest BCUT2D eigenvalue weighted by Gasteiger charge is -2.23. The van der Waals surface area contributed by atoms with Crippen LogP contribution in [0.15, 0.2) is 59.6 Å². The fourth-order valence-electron chi connectivity index (χ4n) is 2.64. The first kappa shape index (κ1) is 13.9. The summed E-state index contributed by atoms with van der Waals surface area (Å²) in [7, 11) is 0. The highest BCUT2D eigenvalue weighted by atomic mass is 15.0. The molecule has 0 saturated carbocycles. The Morgan fingerprint density at radius 2 is 1.62 bits per heavy atom.